The Balaban J connectivity index is 1.18. The van der Waals surface area contributed by atoms with E-state index in [2.05, 4.69) is 25.4 Å². The molecule has 15 nitrogen and oxygen atoms in total. The first-order chi connectivity index (χ1) is 24.1. The van der Waals surface area contributed by atoms with Crippen LogP contribution in [-0.4, -0.2) is 93.8 Å². The largest absolute Gasteiger partial charge is 0.497 e. The summed E-state index contributed by atoms with van der Waals surface area (Å²) < 4.78 is 38.7. The molecule has 2 aliphatic heterocycles. The molecule has 7 rings (SSSR count). The van der Waals surface area contributed by atoms with Crippen LogP contribution in [0.2, 0.25) is 0 Å². The van der Waals surface area contributed by atoms with Crippen LogP contribution in [-0.2, 0) is 33.9 Å². The standard InChI is InChI=1S/C34H43N7O8S/c1-48-24-14-12-23(13-15-24)41-37-29(36-39-41)21-18-28-30(42)35-34(33(45)38-50(46,47)26-16-17-26)19-22(34)8-5-3-2-4-6-11-27(31(43)40(28)20-21)32(44)49-25-9-7-10-25/h5,8,12-15,21-22,25-28H,2-4,6-7,9-11,16-20H2,1H3,(H,35,42)(H,38,45)/b8-5-/t21-,22+,27+,28+,34-/m1/s1. The number of methoxy groups -OCH3 is 1. The topological polar surface area (TPSA) is 192 Å². The molecule has 1 saturated heterocycles. The maximum Gasteiger partial charge on any atom is 0.318 e. The van der Waals surface area contributed by atoms with Crippen LogP contribution in [0, 0.1) is 11.8 Å². The number of rotatable bonds is 8. The SMILES string of the molecule is COc1ccc(-n2nnc([C@@H]3C[C@H]4C(=O)N[C@]5(C(=O)NS(=O)(=O)C6CC6)C[C@@H]5/C=C\CCCCC[C@H](C(=O)OC5CCC5)C(=O)N4C3)n2)cc1. The average molecular weight is 710 g/mol. The molecule has 1 aromatic heterocycles. The van der Waals surface area contributed by atoms with E-state index in [1.54, 1.807) is 31.4 Å². The predicted octanol–water partition coefficient (Wildman–Crippen LogP) is 2.07. The highest BCUT2D eigenvalue weighted by atomic mass is 32.2. The summed E-state index contributed by atoms with van der Waals surface area (Å²) >= 11 is 0. The molecule has 5 atom stereocenters. The van der Waals surface area contributed by atoms with Crippen molar-refractivity contribution in [2.75, 3.05) is 13.7 Å². The molecule has 16 heteroatoms. The highest BCUT2D eigenvalue weighted by Crippen LogP contribution is 2.46. The van der Waals surface area contributed by atoms with E-state index in [9.17, 15) is 27.6 Å². The number of amides is 3. The van der Waals surface area contributed by atoms with Crippen molar-refractivity contribution in [3.8, 4) is 11.4 Å². The third kappa shape index (κ3) is 6.98. The number of sulfonamides is 1. The Hall–Kier alpha value is -4.34. The Labute approximate surface area is 290 Å². The number of nitrogens with one attached hydrogen (secondary N) is 2. The highest BCUT2D eigenvalue weighted by molar-refractivity contribution is 7.91. The van der Waals surface area contributed by atoms with Crippen molar-refractivity contribution in [3.05, 3.63) is 42.2 Å². The summed E-state index contributed by atoms with van der Waals surface area (Å²) in [4.78, 5) is 58.5. The summed E-state index contributed by atoms with van der Waals surface area (Å²) in [5, 5.41) is 15.3. The van der Waals surface area contributed by atoms with E-state index in [-0.39, 0.29) is 31.9 Å². The zero-order valence-electron chi connectivity index (χ0n) is 28.0. The van der Waals surface area contributed by atoms with Crippen molar-refractivity contribution in [2.45, 2.75) is 106 Å². The van der Waals surface area contributed by atoms with Gasteiger partial charge in [0.25, 0.3) is 5.91 Å². The predicted molar refractivity (Wildman–Crippen MR) is 177 cm³/mol. The molecule has 0 radical (unpaired) electrons. The molecular formula is C34H43N7O8S. The van der Waals surface area contributed by atoms with Crippen molar-refractivity contribution in [1.82, 2.24) is 35.1 Å². The van der Waals surface area contributed by atoms with E-state index in [4.69, 9.17) is 9.47 Å². The molecule has 3 aliphatic carbocycles. The molecule has 3 heterocycles. The molecule has 3 saturated carbocycles. The van der Waals surface area contributed by atoms with Crippen LogP contribution in [0.25, 0.3) is 5.69 Å². The van der Waals surface area contributed by atoms with Gasteiger partial charge in [0.1, 0.15) is 29.4 Å². The van der Waals surface area contributed by atoms with E-state index in [0.29, 0.717) is 42.9 Å². The number of tetrazole rings is 1. The quantitative estimate of drug-likeness (QED) is 0.232. The number of carbonyl (C=O) groups is 4. The fourth-order valence-electron chi connectivity index (χ4n) is 7.02. The Morgan fingerprint density at radius 1 is 1.02 bits per heavy atom. The Bertz CT molecular complexity index is 1770. The Morgan fingerprint density at radius 3 is 2.50 bits per heavy atom. The van der Waals surface area contributed by atoms with Crippen LogP contribution in [0.3, 0.4) is 0 Å². The van der Waals surface area contributed by atoms with E-state index < -0.39 is 68.3 Å². The molecule has 2 aromatic rings. The number of allylic oxidation sites excluding steroid dienone is 1. The van der Waals surface area contributed by atoms with Gasteiger partial charge in [0.05, 0.1) is 18.0 Å². The molecule has 2 N–H and O–H groups in total. The van der Waals surface area contributed by atoms with Gasteiger partial charge < -0.3 is 19.7 Å². The van der Waals surface area contributed by atoms with Crippen LogP contribution >= 0.6 is 0 Å². The van der Waals surface area contributed by atoms with Crippen LogP contribution in [0.15, 0.2) is 36.4 Å². The molecular weight excluding hydrogens is 666 g/mol. The van der Waals surface area contributed by atoms with Gasteiger partial charge in [-0.3, -0.25) is 23.9 Å². The first kappa shape index (κ1) is 34.1. The van der Waals surface area contributed by atoms with Crippen LogP contribution in [0.1, 0.15) is 88.8 Å². The number of esters is 1. The summed E-state index contributed by atoms with van der Waals surface area (Å²) in [7, 11) is -2.31. The zero-order valence-corrected chi connectivity index (χ0v) is 28.8. The van der Waals surface area contributed by atoms with Gasteiger partial charge in [0.15, 0.2) is 5.82 Å². The molecule has 268 valence electrons. The van der Waals surface area contributed by atoms with Crippen molar-refractivity contribution < 1.29 is 37.1 Å². The summed E-state index contributed by atoms with van der Waals surface area (Å²) in [6.45, 7) is 0.0387. The lowest BCUT2D eigenvalue weighted by molar-refractivity contribution is -0.164. The summed E-state index contributed by atoms with van der Waals surface area (Å²) in [5.41, 5.74) is -0.854. The van der Waals surface area contributed by atoms with Crippen molar-refractivity contribution in [2.24, 2.45) is 11.8 Å². The number of aromatic nitrogens is 4. The number of carbonyl (C=O) groups excluding carboxylic acids is 4. The number of nitrogens with zero attached hydrogens (tertiary/aromatic N) is 5. The monoisotopic (exact) mass is 709 g/mol. The molecule has 3 amide bonds. The van der Waals surface area contributed by atoms with Crippen molar-refractivity contribution >= 4 is 33.7 Å². The van der Waals surface area contributed by atoms with Gasteiger partial charge >= 0.3 is 5.97 Å². The van der Waals surface area contributed by atoms with Crippen LogP contribution in [0.5, 0.6) is 5.75 Å². The van der Waals surface area contributed by atoms with E-state index in [1.165, 1.54) is 9.70 Å². The van der Waals surface area contributed by atoms with Gasteiger partial charge in [-0.1, -0.05) is 25.0 Å². The lowest BCUT2D eigenvalue weighted by atomic mass is 9.95. The average Bonchev–Trinajstić information content (AvgIpc) is 3.95. The molecule has 1 aromatic carbocycles. The zero-order chi connectivity index (χ0) is 35.0. The number of fused-ring (bicyclic) bond motifs is 2. The van der Waals surface area contributed by atoms with Crippen molar-refractivity contribution in [1.29, 1.82) is 0 Å². The molecule has 0 spiro atoms. The minimum atomic E-state index is -3.87. The second kappa shape index (κ2) is 13.8. The third-order valence-electron chi connectivity index (χ3n) is 10.6. The molecule has 0 bridgehead atoms. The summed E-state index contributed by atoms with van der Waals surface area (Å²) in [6, 6.07) is 5.98. The normalized spacial score (nSPS) is 29.7. The maximum absolute atomic E-state index is 14.4. The number of hydrogen-bond donors (Lipinski definition) is 2. The van der Waals surface area contributed by atoms with Gasteiger partial charge in [-0.05, 0) is 93.7 Å². The summed E-state index contributed by atoms with van der Waals surface area (Å²) in [5.74, 6) is -3.55. The molecule has 4 fully saturated rings. The van der Waals surface area contributed by atoms with Gasteiger partial charge in [0, 0.05) is 18.4 Å². The van der Waals surface area contributed by atoms with Crippen LogP contribution < -0.4 is 14.8 Å². The maximum atomic E-state index is 14.4. The molecule has 5 aliphatic rings. The van der Waals surface area contributed by atoms with Crippen LogP contribution in [0.4, 0.5) is 0 Å². The lowest BCUT2D eigenvalue weighted by Crippen LogP contribution is -2.57. The highest BCUT2D eigenvalue weighted by Gasteiger charge is 2.62. The first-order valence-corrected chi connectivity index (χ1v) is 19.1. The second-order valence-electron chi connectivity index (χ2n) is 14.1. The lowest BCUT2D eigenvalue weighted by Gasteiger charge is -2.31. The molecule has 0 unspecified atom stereocenters. The minimum absolute atomic E-state index is 0.0387. The summed E-state index contributed by atoms with van der Waals surface area (Å²) in [6.07, 6.45) is 10.5. The van der Waals surface area contributed by atoms with Gasteiger partial charge in [0.2, 0.25) is 21.8 Å². The Kier molecular flexibility index (Phi) is 9.39. The van der Waals surface area contributed by atoms with Gasteiger partial charge in [-0.25, -0.2) is 8.42 Å². The van der Waals surface area contributed by atoms with E-state index >= 15 is 0 Å². The fraction of sp³-hybridized carbons (Fsp3) is 0.618. The number of ether oxygens (including phenoxy) is 2. The van der Waals surface area contributed by atoms with E-state index in [0.717, 1.165) is 32.1 Å². The smallest absolute Gasteiger partial charge is 0.318 e. The number of benzene rings is 1. The van der Waals surface area contributed by atoms with Gasteiger partial charge in [-0.2, -0.15) is 0 Å². The van der Waals surface area contributed by atoms with Crippen molar-refractivity contribution in [3.63, 3.8) is 0 Å². The Morgan fingerprint density at radius 2 is 1.80 bits per heavy atom. The third-order valence-corrected chi connectivity index (χ3v) is 12.4. The minimum Gasteiger partial charge on any atom is -0.497 e. The fourth-order valence-corrected chi connectivity index (χ4v) is 8.38. The number of hydrogen-bond acceptors (Lipinski definition) is 11. The second-order valence-corrected chi connectivity index (χ2v) is 16.1. The van der Waals surface area contributed by atoms with E-state index in [1.807, 2.05) is 12.2 Å². The molecule has 50 heavy (non-hydrogen) atoms. The van der Waals surface area contributed by atoms with Gasteiger partial charge in [-0.15, -0.1) is 15.0 Å². The first-order valence-electron chi connectivity index (χ1n) is 17.6.